The monoisotopic (exact) mass is 467 g/mol. The maximum Gasteiger partial charge on any atom is 0.224 e. The molecule has 1 aliphatic rings. The summed E-state index contributed by atoms with van der Waals surface area (Å²) in [7, 11) is -1.80. The number of ether oxygens (including phenoxy) is 1. The number of methoxy groups -OCH3 is 1. The second-order valence-corrected chi connectivity index (χ2v) is 10.2. The Hall–Kier alpha value is -3.10. The zero-order valence-corrected chi connectivity index (χ0v) is 19.6. The molecule has 8 heteroatoms. The average molecular weight is 468 g/mol. The van der Waals surface area contributed by atoms with E-state index in [-0.39, 0.29) is 24.6 Å². The predicted octanol–water partition coefficient (Wildman–Crippen LogP) is 2.66. The molecule has 0 unspecified atom stereocenters. The van der Waals surface area contributed by atoms with Crippen molar-refractivity contribution in [2.24, 2.45) is 0 Å². The van der Waals surface area contributed by atoms with Crippen molar-refractivity contribution >= 4 is 32.4 Å². The summed E-state index contributed by atoms with van der Waals surface area (Å²) in [6.07, 6.45) is 0.224. The second kappa shape index (κ2) is 10.2. The summed E-state index contributed by atoms with van der Waals surface area (Å²) in [6.45, 7) is 2.21. The van der Waals surface area contributed by atoms with Crippen LogP contribution in [0.1, 0.15) is 5.56 Å². The van der Waals surface area contributed by atoms with E-state index in [1.165, 1.54) is 4.31 Å². The summed E-state index contributed by atoms with van der Waals surface area (Å²) in [4.78, 5) is 14.6. The lowest BCUT2D eigenvalue weighted by Gasteiger charge is -2.35. The van der Waals surface area contributed by atoms with Crippen LogP contribution in [-0.2, 0) is 21.2 Å². The van der Waals surface area contributed by atoms with Crippen molar-refractivity contribution in [2.75, 3.05) is 50.5 Å². The number of carbonyl (C=O) groups excluding carboxylic acids is 1. The number of hydrogen-bond acceptors (Lipinski definition) is 5. The number of rotatable bonds is 8. The normalized spacial score (nSPS) is 14.9. The van der Waals surface area contributed by atoms with Crippen LogP contribution >= 0.6 is 0 Å². The van der Waals surface area contributed by atoms with Gasteiger partial charge in [-0.05, 0) is 40.6 Å². The van der Waals surface area contributed by atoms with E-state index < -0.39 is 10.0 Å². The third-order valence-electron chi connectivity index (χ3n) is 5.98. The molecule has 4 rings (SSSR count). The first-order chi connectivity index (χ1) is 16.0. The van der Waals surface area contributed by atoms with Gasteiger partial charge in [0.25, 0.3) is 0 Å². The van der Waals surface area contributed by atoms with Crippen LogP contribution in [0.25, 0.3) is 10.8 Å². The van der Waals surface area contributed by atoms with Gasteiger partial charge in [0.1, 0.15) is 5.75 Å². The number of benzene rings is 3. The van der Waals surface area contributed by atoms with Gasteiger partial charge in [0.05, 0.1) is 19.3 Å². The number of anilines is 1. The van der Waals surface area contributed by atoms with Crippen LogP contribution in [0.3, 0.4) is 0 Å². The van der Waals surface area contributed by atoms with Gasteiger partial charge in [-0.15, -0.1) is 0 Å². The van der Waals surface area contributed by atoms with Gasteiger partial charge in [-0.25, -0.2) is 8.42 Å². The van der Waals surface area contributed by atoms with Crippen LogP contribution in [0, 0.1) is 0 Å². The fourth-order valence-electron chi connectivity index (χ4n) is 4.15. The topological polar surface area (TPSA) is 79.0 Å². The van der Waals surface area contributed by atoms with Crippen molar-refractivity contribution in [3.8, 4) is 5.75 Å². The predicted molar refractivity (Wildman–Crippen MR) is 131 cm³/mol. The van der Waals surface area contributed by atoms with Crippen molar-refractivity contribution < 1.29 is 17.9 Å². The number of fused-ring (bicyclic) bond motifs is 1. The Bertz CT molecular complexity index is 1200. The number of nitrogens with one attached hydrogen (secondary N) is 1. The van der Waals surface area contributed by atoms with E-state index >= 15 is 0 Å². The minimum atomic E-state index is -3.43. The number of nitrogens with zero attached hydrogens (tertiary/aromatic N) is 2. The summed E-state index contributed by atoms with van der Waals surface area (Å²) in [5.74, 6) is 0.518. The molecule has 1 fully saturated rings. The van der Waals surface area contributed by atoms with Gasteiger partial charge < -0.3 is 15.0 Å². The highest BCUT2D eigenvalue weighted by Gasteiger charge is 2.27. The standard InChI is InChI=1S/C25H29N3O4S/c1-32-23-11-9-22(10-12-23)27-14-16-28(17-15-27)33(30,31)18-13-26-25(29)19-21-7-4-6-20-5-2-3-8-24(20)21/h2-12H,13-19H2,1H3,(H,26,29). The molecule has 0 bridgehead atoms. The molecule has 0 aromatic heterocycles. The third kappa shape index (κ3) is 5.64. The molecule has 1 heterocycles. The average Bonchev–Trinajstić information content (AvgIpc) is 2.84. The molecule has 1 N–H and O–H groups in total. The van der Waals surface area contributed by atoms with E-state index in [0.29, 0.717) is 26.2 Å². The lowest BCUT2D eigenvalue weighted by Crippen LogP contribution is -2.50. The number of hydrogen-bond donors (Lipinski definition) is 1. The van der Waals surface area contributed by atoms with Crippen molar-refractivity contribution in [3.63, 3.8) is 0 Å². The van der Waals surface area contributed by atoms with Crippen LogP contribution < -0.4 is 15.0 Å². The van der Waals surface area contributed by atoms with Gasteiger partial charge in [0.2, 0.25) is 15.9 Å². The Morgan fingerprint density at radius 1 is 0.939 bits per heavy atom. The van der Waals surface area contributed by atoms with E-state index in [1.807, 2.05) is 66.7 Å². The Labute approximate surface area is 195 Å². The number of amides is 1. The van der Waals surface area contributed by atoms with E-state index in [0.717, 1.165) is 27.8 Å². The lowest BCUT2D eigenvalue weighted by molar-refractivity contribution is -0.120. The molecule has 33 heavy (non-hydrogen) atoms. The largest absolute Gasteiger partial charge is 0.497 e. The molecule has 1 amide bonds. The molecule has 0 atom stereocenters. The van der Waals surface area contributed by atoms with Gasteiger partial charge in [0.15, 0.2) is 0 Å². The molecule has 0 radical (unpaired) electrons. The molecular formula is C25H29N3O4S. The highest BCUT2D eigenvalue weighted by molar-refractivity contribution is 7.89. The van der Waals surface area contributed by atoms with Gasteiger partial charge in [-0.3, -0.25) is 4.79 Å². The summed E-state index contributed by atoms with van der Waals surface area (Å²) in [6, 6.07) is 21.6. The van der Waals surface area contributed by atoms with E-state index in [1.54, 1.807) is 7.11 Å². The fraction of sp³-hybridized carbons (Fsp3) is 0.320. The van der Waals surface area contributed by atoms with E-state index in [4.69, 9.17) is 4.74 Å². The highest BCUT2D eigenvalue weighted by Crippen LogP contribution is 2.21. The molecule has 0 spiro atoms. The SMILES string of the molecule is COc1ccc(N2CCN(S(=O)(=O)CCNC(=O)Cc3cccc4ccccc34)CC2)cc1. The summed E-state index contributed by atoms with van der Waals surface area (Å²) in [5, 5.41) is 4.89. The maximum absolute atomic E-state index is 12.8. The van der Waals surface area contributed by atoms with Crippen LogP contribution in [-0.4, -0.2) is 64.2 Å². The van der Waals surface area contributed by atoms with Crippen LogP contribution in [0.4, 0.5) is 5.69 Å². The zero-order chi connectivity index (χ0) is 23.3. The number of sulfonamides is 1. The minimum absolute atomic E-state index is 0.100. The van der Waals surface area contributed by atoms with Crippen LogP contribution in [0.15, 0.2) is 66.7 Å². The van der Waals surface area contributed by atoms with E-state index in [9.17, 15) is 13.2 Å². The minimum Gasteiger partial charge on any atom is -0.497 e. The van der Waals surface area contributed by atoms with Gasteiger partial charge in [-0.2, -0.15) is 4.31 Å². The van der Waals surface area contributed by atoms with Crippen LogP contribution in [0.5, 0.6) is 5.75 Å². The number of carbonyl (C=O) groups is 1. The molecule has 1 saturated heterocycles. The lowest BCUT2D eigenvalue weighted by atomic mass is 10.0. The Balaban J connectivity index is 1.25. The third-order valence-corrected chi connectivity index (χ3v) is 7.85. The molecule has 0 saturated carbocycles. The van der Waals surface area contributed by atoms with E-state index in [2.05, 4.69) is 10.2 Å². The first kappa shape index (κ1) is 23.1. The second-order valence-electron chi connectivity index (χ2n) is 8.07. The highest BCUT2D eigenvalue weighted by atomic mass is 32.2. The van der Waals surface area contributed by atoms with Crippen LogP contribution in [0.2, 0.25) is 0 Å². The quantitative estimate of drug-likeness (QED) is 0.551. The molecule has 7 nitrogen and oxygen atoms in total. The first-order valence-corrected chi connectivity index (χ1v) is 12.7. The summed E-state index contributed by atoms with van der Waals surface area (Å²) >= 11 is 0. The molecule has 174 valence electrons. The zero-order valence-electron chi connectivity index (χ0n) is 18.7. The molecule has 0 aliphatic carbocycles. The summed E-state index contributed by atoms with van der Waals surface area (Å²) < 4.78 is 32.2. The maximum atomic E-state index is 12.8. The van der Waals surface area contributed by atoms with Gasteiger partial charge in [-0.1, -0.05) is 42.5 Å². The number of piperazine rings is 1. The molecular weight excluding hydrogens is 438 g/mol. The first-order valence-electron chi connectivity index (χ1n) is 11.1. The van der Waals surface area contributed by atoms with Crippen molar-refractivity contribution in [2.45, 2.75) is 6.42 Å². The van der Waals surface area contributed by atoms with Gasteiger partial charge in [0, 0.05) is 38.4 Å². The smallest absolute Gasteiger partial charge is 0.224 e. The Morgan fingerprint density at radius 2 is 1.64 bits per heavy atom. The van der Waals surface area contributed by atoms with Crippen molar-refractivity contribution in [1.82, 2.24) is 9.62 Å². The van der Waals surface area contributed by atoms with Crippen molar-refractivity contribution in [3.05, 3.63) is 72.3 Å². The van der Waals surface area contributed by atoms with Gasteiger partial charge >= 0.3 is 0 Å². The molecule has 3 aromatic carbocycles. The Kier molecular flexibility index (Phi) is 7.15. The fourth-order valence-corrected chi connectivity index (χ4v) is 5.49. The Morgan fingerprint density at radius 3 is 2.36 bits per heavy atom. The molecule has 1 aliphatic heterocycles. The van der Waals surface area contributed by atoms with Crippen molar-refractivity contribution in [1.29, 1.82) is 0 Å². The summed E-state index contributed by atoms with van der Waals surface area (Å²) in [5.41, 5.74) is 1.98. The molecule has 3 aromatic rings.